The molecule has 0 bridgehead atoms. The van der Waals surface area contributed by atoms with Crippen LogP contribution in [0.4, 0.5) is 0 Å². The van der Waals surface area contributed by atoms with Gasteiger partial charge in [-0.05, 0) is 36.4 Å². The van der Waals surface area contributed by atoms with Crippen LogP contribution in [0, 0.1) is 0 Å². The fourth-order valence-corrected chi connectivity index (χ4v) is 5.12. The zero-order chi connectivity index (χ0) is 20.6. The number of likely N-dealkylation sites (N-methyl/N-ethyl adjacent to an activating group) is 1. The van der Waals surface area contributed by atoms with Crippen LogP contribution in [-0.2, 0) is 16.6 Å². The summed E-state index contributed by atoms with van der Waals surface area (Å²) in [6.45, 7) is 0.299. The number of hydrogen-bond donors (Lipinski definition) is 1. The minimum atomic E-state index is -3.67. The number of aromatic nitrogens is 1. The van der Waals surface area contributed by atoms with Gasteiger partial charge in [-0.1, -0.05) is 52.3 Å². The molecule has 7 heteroatoms. The number of halogens is 1. The van der Waals surface area contributed by atoms with Crippen molar-refractivity contribution in [3.8, 4) is 0 Å². The van der Waals surface area contributed by atoms with Crippen LogP contribution in [0.15, 0.2) is 82.2 Å². The van der Waals surface area contributed by atoms with Crippen LogP contribution in [0.25, 0.3) is 21.8 Å². The molecule has 1 N–H and O–H groups in total. The van der Waals surface area contributed by atoms with Gasteiger partial charge in [0.2, 0.25) is 10.0 Å². The summed E-state index contributed by atoms with van der Waals surface area (Å²) in [5, 5.41) is 13.0. The van der Waals surface area contributed by atoms with Gasteiger partial charge in [0.1, 0.15) is 0 Å². The third-order valence-electron chi connectivity index (χ3n) is 5.06. The number of para-hydroxylation sites is 2. The van der Waals surface area contributed by atoms with E-state index >= 15 is 0 Å². The number of aliphatic hydroxyl groups is 1. The molecule has 3 aromatic carbocycles. The Bertz CT molecular complexity index is 1210. The van der Waals surface area contributed by atoms with Crippen molar-refractivity contribution < 1.29 is 13.5 Å². The minimum absolute atomic E-state index is 0.000763. The molecule has 0 aliphatic heterocycles. The van der Waals surface area contributed by atoms with Gasteiger partial charge < -0.3 is 9.67 Å². The summed E-state index contributed by atoms with van der Waals surface area (Å²) >= 11 is 3.31. The smallest absolute Gasteiger partial charge is 0.242 e. The maximum absolute atomic E-state index is 12.8. The molecule has 0 spiro atoms. The van der Waals surface area contributed by atoms with E-state index in [1.54, 1.807) is 24.3 Å². The van der Waals surface area contributed by atoms with E-state index < -0.39 is 16.1 Å². The largest absolute Gasteiger partial charge is 0.390 e. The molecular weight excluding hydrogens is 452 g/mol. The summed E-state index contributed by atoms with van der Waals surface area (Å²) in [6, 6.07) is 22.6. The van der Waals surface area contributed by atoms with Gasteiger partial charge in [0.25, 0.3) is 0 Å². The lowest BCUT2D eigenvalue weighted by Gasteiger charge is -2.21. The molecular formula is C22H21BrN2O3S. The summed E-state index contributed by atoms with van der Waals surface area (Å²) < 4.78 is 29.7. The lowest BCUT2D eigenvalue weighted by molar-refractivity contribution is 0.136. The van der Waals surface area contributed by atoms with Crippen molar-refractivity contribution in [2.24, 2.45) is 0 Å². The Hall–Kier alpha value is -2.19. The molecule has 0 radical (unpaired) electrons. The first-order chi connectivity index (χ1) is 13.9. The van der Waals surface area contributed by atoms with E-state index in [9.17, 15) is 13.5 Å². The fourth-order valence-electron chi connectivity index (χ4n) is 3.65. The molecule has 0 unspecified atom stereocenters. The first-order valence-electron chi connectivity index (χ1n) is 9.24. The van der Waals surface area contributed by atoms with Crippen LogP contribution in [0.2, 0.25) is 0 Å². The molecule has 1 atom stereocenters. The third-order valence-corrected chi connectivity index (χ3v) is 7.43. The number of nitrogens with zero attached hydrogens (tertiary/aromatic N) is 2. The highest BCUT2D eigenvalue weighted by atomic mass is 79.9. The van der Waals surface area contributed by atoms with Gasteiger partial charge in [-0.15, -0.1) is 0 Å². The van der Waals surface area contributed by atoms with Crippen molar-refractivity contribution in [3.05, 3.63) is 77.3 Å². The first-order valence-corrected chi connectivity index (χ1v) is 11.5. The van der Waals surface area contributed by atoms with E-state index in [1.165, 1.54) is 11.4 Å². The van der Waals surface area contributed by atoms with E-state index in [-0.39, 0.29) is 11.4 Å². The Morgan fingerprint density at radius 3 is 2.00 bits per heavy atom. The van der Waals surface area contributed by atoms with Crippen molar-refractivity contribution >= 4 is 47.8 Å². The van der Waals surface area contributed by atoms with E-state index in [0.717, 1.165) is 26.3 Å². The second-order valence-electron chi connectivity index (χ2n) is 7.04. The van der Waals surface area contributed by atoms with Crippen LogP contribution in [0.1, 0.15) is 0 Å². The average Bonchev–Trinajstić information content (AvgIpc) is 3.02. The number of sulfonamides is 1. The topological polar surface area (TPSA) is 62.5 Å². The average molecular weight is 473 g/mol. The molecule has 1 aromatic heterocycles. The number of aliphatic hydroxyl groups excluding tert-OH is 1. The second kappa shape index (κ2) is 7.91. The summed E-state index contributed by atoms with van der Waals surface area (Å²) in [4.78, 5) is 0.201. The molecule has 29 heavy (non-hydrogen) atoms. The normalized spacial score (nSPS) is 13.4. The van der Waals surface area contributed by atoms with E-state index in [4.69, 9.17) is 0 Å². The number of fused-ring (bicyclic) bond motifs is 3. The molecule has 1 heterocycles. The molecule has 4 rings (SSSR count). The molecule has 0 aliphatic carbocycles. The fraction of sp³-hybridized carbons (Fsp3) is 0.182. The summed E-state index contributed by atoms with van der Waals surface area (Å²) in [7, 11) is -2.18. The van der Waals surface area contributed by atoms with Crippen LogP contribution in [0.3, 0.4) is 0 Å². The minimum Gasteiger partial charge on any atom is -0.390 e. The SMILES string of the molecule is CN(C[C@H](O)Cn1c2ccccc2c2ccccc21)S(=O)(=O)c1ccc(Br)cc1. The summed E-state index contributed by atoms with van der Waals surface area (Å²) in [6.07, 6.45) is -0.857. The predicted octanol–water partition coefficient (Wildman–Crippen LogP) is 4.24. The standard InChI is InChI=1S/C22H21BrN2O3S/c1-24(29(27,28)18-12-10-16(23)11-13-18)14-17(26)15-25-21-8-4-2-6-19(21)20-7-3-5-9-22(20)25/h2-13,17,26H,14-15H2,1H3/t17-/m0/s1. The van der Waals surface area contributed by atoms with Crippen LogP contribution in [0.5, 0.6) is 0 Å². The van der Waals surface area contributed by atoms with Gasteiger partial charge in [-0.25, -0.2) is 8.42 Å². The Balaban J connectivity index is 1.60. The quantitative estimate of drug-likeness (QED) is 0.456. The van der Waals surface area contributed by atoms with Gasteiger partial charge in [0, 0.05) is 39.9 Å². The summed E-state index contributed by atoms with van der Waals surface area (Å²) in [5.74, 6) is 0. The highest BCUT2D eigenvalue weighted by molar-refractivity contribution is 9.10. The highest BCUT2D eigenvalue weighted by Gasteiger charge is 2.24. The van der Waals surface area contributed by atoms with Crippen molar-refractivity contribution in [1.29, 1.82) is 0 Å². The van der Waals surface area contributed by atoms with Crippen molar-refractivity contribution in [2.45, 2.75) is 17.5 Å². The molecule has 0 amide bonds. The van der Waals surface area contributed by atoms with Crippen LogP contribution in [-0.4, -0.2) is 42.1 Å². The van der Waals surface area contributed by atoms with Gasteiger partial charge in [-0.3, -0.25) is 0 Å². The Morgan fingerprint density at radius 2 is 1.45 bits per heavy atom. The van der Waals surface area contributed by atoms with E-state index in [1.807, 2.05) is 36.4 Å². The number of benzene rings is 3. The lowest BCUT2D eigenvalue weighted by Crippen LogP contribution is -2.36. The maximum atomic E-state index is 12.8. The van der Waals surface area contributed by atoms with Crippen molar-refractivity contribution in [3.63, 3.8) is 0 Å². The monoisotopic (exact) mass is 472 g/mol. The predicted molar refractivity (Wildman–Crippen MR) is 119 cm³/mol. The first kappa shape index (κ1) is 20.1. The molecule has 0 aliphatic rings. The Labute approximate surface area is 178 Å². The molecule has 4 aromatic rings. The molecule has 5 nitrogen and oxygen atoms in total. The van der Waals surface area contributed by atoms with E-state index in [2.05, 4.69) is 32.6 Å². The Morgan fingerprint density at radius 1 is 0.931 bits per heavy atom. The van der Waals surface area contributed by atoms with Gasteiger partial charge in [-0.2, -0.15) is 4.31 Å². The summed E-state index contributed by atoms with van der Waals surface area (Å²) in [5.41, 5.74) is 2.04. The zero-order valence-electron chi connectivity index (χ0n) is 15.9. The van der Waals surface area contributed by atoms with Crippen molar-refractivity contribution in [2.75, 3.05) is 13.6 Å². The van der Waals surface area contributed by atoms with Crippen LogP contribution >= 0.6 is 15.9 Å². The van der Waals surface area contributed by atoms with Gasteiger partial charge in [0.05, 0.1) is 17.5 Å². The zero-order valence-corrected chi connectivity index (χ0v) is 18.3. The third kappa shape index (κ3) is 3.83. The maximum Gasteiger partial charge on any atom is 0.242 e. The molecule has 150 valence electrons. The van der Waals surface area contributed by atoms with E-state index in [0.29, 0.717) is 6.54 Å². The van der Waals surface area contributed by atoms with Gasteiger partial charge >= 0.3 is 0 Å². The second-order valence-corrected chi connectivity index (χ2v) is 10.00. The number of rotatable bonds is 6. The number of hydrogen-bond acceptors (Lipinski definition) is 3. The molecule has 0 saturated carbocycles. The molecule has 0 fully saturated rings. The van der Waals surface area contributed by atoms with Crippen molar-refractivity contribution in [1.82, 2.24) is 8.87 Å². The van der Waals surface area contributed by atoms with Gasteiger partial charge in [0.15, 0.2) is 0 Å². The van der Waals surface area contributed by atoms with Crippen LogP contribution < -0.4 is 0 Å². The highest BCUT2D eigenvalue weighted by Crippen LogP contribution is 2.29. The Kier molecular flexibility index (Phi) is 5.48. The lowest BCUT2D eigenvalue weighted by atomic mass is 10.2. The molecule has 0 saturated heterocycles.